The fraction of sp³-hybridized carbons (Fsp3) is 0.500. The van der Waals surface area contributed by atoms with Gasteiger partial charge in [-0.15, -0.1) is 0 Å². The number of carbonyl (C=O) groups is 2. The molecule has 0 fully saturated rings. The summed E-state index contributed by atoms with van der Waals surface area (Å²) >= 11 is 3.18. The lowest BCUT2D eigenvalue weighted by Gasteiger charge is -2.17. The van der Waals surface area contributed by atoms with E-state index in [1.54, 1.807) is 0 Å². The van der Waals surface area contributed by atoms with E-state index in [-0.39, 0.29) is 18.3 Å². The van der Waals surface area contributed by atoms with E-state index < -0.39 is 6.09 Å². The summed E-state index contributed by atoms with van der Waals surface area (Å²) in [6.45, 7) is 4.66. The Morgan fingerprint density at radius 2 is 1.90 bits per heavy atom. The SMILES string of the molecule is CC(C)CC(CNC(=O)OCc1ccccc1)C(=O)CBr. The minimum absolute atomic E-state index is 0.104. The highest BCUT2D eigenvalue weighted by Gasteiger charge is 2.19. The van der Waals surface area contributed by atoms with Crippen LogP contribution in [0.2, 0.25) is 0 Å². The van der Waals surface area contributed by atoms with Gasteiger partial charge in [-0.3, -0.25) is 4.79 Å². The first-order chi connectivity index (χ1) is 10.0. The molecule has 0 aliphatic rings. The number of amides is 1. The van der Waals surface area contributed by atoms with Gasteiger partial charge in [0.1, 0.15) is 12.4 Å². The van der Waals surface area contributed by atoms with Gasteiger partial charge in [-0.2, -0.15) is 0 Å². The molecule has 4 nitrogen and oxygen atoms in total. The van der Waals surface area contributed by atoms with E-state index in [4.69, 9.17) is 4.74 Å². The summed E-state index contributed by atoms with van der Waals surface area (Å²) in [6.07, 6.45) is 0.263. The van der Waals surface area contributed by atoms with Crippen LogP contribution in [0, 0.1) is 11.8 Å². The number of nitrogens with one attached hydrogen (secondary N) is 1. The van der Waals surface area contributed by atoms with Crippen molar-refractivity contribution in [3.05, 3.63) is 35.9 Å². The maximum atomic E-state index is 11.8. The topological polar surface area (TPSA) is 55.4 Å². The Morgan fingerprint density at radius 1 is 1.24 bits per heavy atom. The highest BCUT2D eigenvalue weighted by atomic mass is 79.9. The zero-order valence-corrected chi connectivity index (χ0v) is 14.1. The van der Waals surface area contributed by atoms with Crippen LogP contribution in [-0.2, 0) is 16.1 Å². The van der Waals surface area contributed by atoms with Gasteiger partial charge < -0.3 is 10.1 Å². The van der Waals surface area contributed by atoms with E-state index in [0.29, 0.717) is 17.8 Å². The van der Waals surface area contributed by atoms with Crippen molar-refractivity contribution in [1.29, 1.82) is 0 Å². The van der Waals surface area contributed by atoms with E-state index in [1.165, 1.54) is 0 Å². The summed E-state index contributed by atoms with van der Waals surface area (Å²) in [6, 6.07) is 9.48. The molecule has 1 aromatic rings. The molecule has 0 aliphatic heterocycles. The third-order valence-corrected chi connectivity index (χ3v) is 3.60. The number of halogens is 1. The first kappa shape index (κ1) is 17.7. The Balaban J connectivity index is 2.37. The Labute approximate surface area is 134 Å². The van der Waals surface area contributed by atoms with Crippen molar-refractivity contribution < 1.29 is 14.3 Å². The monoisotopic (exact) mass is 355 g/mol. The summed E-state index contributed by atoms with van der Waals surface area (Å²) in [5.41, 5.74) is 0.933. The van der Waals surface area contributed by atoms with Crippen molar-refractivity contribution >= 4 is 27.8 Å². The molecule has 116 valence electrons. The van der Waals surface area contributed by atoms with Crippen molar-refractivity contribution in [2.24, 2.45) is 11.8 Å². The first-order valence-corrected chi connectivity index (χ1v) is 8.18. The predicted molar refractivity (Wildman–Crippen MR) is 86.4 cm³/mol. The van der Waals surface area contributed by atoms with Crippen molar-refractivity contribution in [2.45, 2.75) is 26.9 Å². The molecular formula is C16H22BrNO3. The van der Waals surface area contributed by atoms with Gasteiger partial charge in [0.15, 0.2) is 0 Å². The quantitative estimate of drug-likeness (QED) is 0.725. The number of rotatable bonds is 8. The summed E-state index contributed by atoms with van der Waals surface area (Å²) in [5.74, 6) is 0.334. The number of carbonyl (C=O) groups excluding carboxylic acids is 2. The van der Waals surface area contributed by atoms with Crippen molar-refractivity contribution in [2.75, 3.05) is 11.9 Å². The molecule has 0 radical (unpaired) electrons. The molecule has 0 saturated carbocycles. The van der Waals surface area contributed by atoms with Crippen LogP contribution < -0.4 is 5.32 Å². The molecule has 1 unspecified atom stereocenters. The molecule has 21 heavy (non-hydrogen) atoms. The molecule has 1 atom stereocenters. The number of ketones is 1. The van der Waals surface area contributed by atoms with E-state index >= 15 is 0 Å². The van der Waals surface area contributed by atoms with Gasteiger partial charge in [-0.1, -0.05) is 60.1 Å². The Morgan fingerprint density at radius 3 is 2.48 bits per heavy atom. The van der Waals surface area contributed by atoms with Crippen LogP contribution in [0.15, 0.2) is 30.3 Å². The Kier molecular flexibility index (Phi) is 8.05. The molecule has 1 aromatic carbocycles. The molecule has 0 aromatic heterocycles. The maximum Gasteiger partial charge on any atom is 0.407 e. The molecular weight excluding hydrogens is 334 g/mol. The molecule has 1 amide bonds. The standard InChI is InChI=1S/C16H22BrNO3/c1-12(2)8-14(15(19)9-17)10-18-16(20)21-11-13-6-4-3-5-7-13/h3-7,12,14H,8-11H2,1-2H3,(H,18,20). The van der Waals surface area contributed by atoms with E-state index in [1.807, 2.05) is 30.3 Å². The third kappa shape index (κ3) is 7.27. The maximum absolute atomic E-state index is 11.8. The zero-order valence-electron chi connectivity index (χ0n) is 12.5. The van der Waals surface area contributed by atoms with Gasteiger partial charge in [0.25, 0.3) is 0 Å². The number of Topliss-reactive ketones (excluding diaryl/α,β-unsaturated/α-hetero) is 1. The van der Waals surface area contributed by atoms with E-state index in [0.717, 1.165) is 12.0 Å². The van der Waals surface area contributed by atoms with Crippen LogP contribution in [0.1, 0.15) is 25.8 Å². The molecule has 1 rings (SSSR count). The van der Waals surface area contributed by atoms with Gasteiger partial charge >= 0.3 is 6.09 Å². The fourth-order valence-corrected chi connectivity index (χ4v) is 2.45. The van der Waals surface area contributed by atoms with Gasteiger partial charge in [0, 0.05) is 12.5 Å². The zero-order chi connectivity index (χ0) is 15.7. The summed E-state index contributed by atoms with van der Waals surface area (Å²) < 4.78 is 5.12. The molecule has 1 N–H and O–H groups in total. The molecule has 0 saturated heterocycles. The number of alkyl carbamates (subject to hydrolysis) is 1. The largest absolute Gasteiger partial charge is 0.445 e. The van der Waals surface area contributed by atoms with Gasteiger partial charge in [-0.05, 0) is 17.9 Å². The summed E-state index contributed by atoms with van der Waals surface area (Å²) in [4.78, 5) is 23.5. The number of ether oxygens (including phenoxy) is 1. The second-order valence-electron chi connectivity index (χ2n) is 5.37. The number of alkyl halides is 1. The van der Waals surface area contributed by atoms with Crippen LogP contribution in [0.25, 0.3) is 0 Å². The lowest BCUT2D eigenvalue weighted by Crippen LogP contribution is -2.34. The lowest BCUT2D eigenvalue weighted by molar-refractivity contribution is -0.120. The lowest BCUT2D eigenvalue weighted by atomic mass is 9.94. The number of benzene rings is 1. The van der Waals surface area contributed by atoms with Gasteiger partial charge in [-0.25, -0.2) is 4.79 Å². The van der Waals surface area contributed by atoms with Crippen LogP contribution in [0.5, 0.6) is 0 Å². The molecule has 0 spiro atoms. The highest BCUT2D eigenvalue weighted by Crippen LogP contribution is 2.13. The number of hydrogen-bond acceptors (Lipinski definition) is 3. The predicted octanol–water partition coefficient (Wildman–Crippen LogP) is 3.54. The normalized spacial score (nSPS) is 12.0. The summed E-state index contributed by atoms with van der Waals surface area (Å²) in [5, 5.41) is 2.98. The Hall–Kier alpha value is -1.36. The van der Waals surface area contributed by atoms with Crippen LogP contribution in [-0.4, -0.2) is 23.8 Å². The minimum Gasteiger partial charge on any atom is -0.445 e. The fourth-order valence-electron chi connectivity index (χ4n) is 1.99. The second-order valence-corrected chi connectivity index (χ2v) is 5.93. The van der Waals surface area contributed by atoms with E-state index in [2.05, 4.69) is 35.1 Å². The smallest absolute Gasteiger partial charge is 0.407 e. The van der Waals surface area contributed by atoms with Gasteiger partial charge in [0.05, 0.1) is 5.33 Å². The minimum atomic E-state index is -0.491. The van der Waals surface area contributed by atoms with Crippen LogP contribution in [0.3, 0.4) is 0 Å². The van der Waals surface area contributed by atoms with Crippen LogP contribution >= 0.6 is 15.9 Å². The summed E-state index contributed by atoms with van der Waals surface area (Å²) in [7, 11) is 0. The molecule has 5 heteroatoms. The van der Waals surface area contributed by atoms with Crippen LogP contribution in [0.4, 0.5) is 4.79 Å². The average molecular weight is 356 g/mol. The van der Waals surface area contributed by atoms with Crippen molar-refractivity contribution in [3.8, 4) is 0 Å². The third-order valence-electron chi connectivity index (χ3n) is 3.05. The molecule has 0 heterocycles. The molecule has 0 bridgehead atoms. The number of hydrogen-bond donors (Lipinski definition) is 1. The first-order valence-electron chi connectivity index (χ1n) is 7.06. The van der Waals surface area contributed by atoms with E-state index in [9.17, 15) is 9.59 Å². The Bertz CT molecular complexity index is 448. The average Bonchev–Trinajstić information content (AvgIpc) is 2.49. The van der Waals surface area contributed by atoms with Gasteiger partial charge in [0.2, 0.25) is 0 Å². The second kappa shape index (κ2) is 9.55. The van der Waals surface area contributed by atoms with Crippen molar-refractivity contribution in [3.63, 3.8) is 0 Å². The molecule has 0 aliphatic carbocycles. The highest BCUT2D eigenvalue weighted by molar-refractivity contribution is 9.09. The van der Waals surface area contributed by atoms with Crippen molar-refractivity contribution in [1.82, 2.24) is 5.32 Å².